The van der Waals surface area contributed by atoms with Gasteiger partial charge in [-0.3, -0.25) is 0 Å². The quantitative estimate of drug-likeness (QED) is 0.661. The molecule has 2 aromatic carbocycles. The Labute approximate surface area is 151 Å². The predicted molar refractivity (Wildman–Crippen MR) is 98.5 cm³/mol. The highest BCUT2D eigenvalue weighted by molar-refractivity contribution is 6.10. The number of hydrogen-bond acceptors (Lipinski definition) is 4. The van der Waals surface area contributed by atoms with E-state index in [1.54, 1.807) is 0 Å². The lowest BCUT2D eigenvalue weighted by Gasteiger charge is -2.23. The zero-order chi connectivity index (χ0) is 18.4. The fraction of sp³-hybridized carbons (Fsp3) is 0.238. The average molecular weight is 349 g/mol. The van der Waals surface area contributed by atoms with Crippen molar-refractivity contribution in [1.82, 2.24) is 4.57 Å². The van der Waals surface area contributed by atoms with E-state index < -0.39 is 11.9 Å². The maximum Gasteiger partial charge on any atom is 0.340 e. The topological polar surface area (TPSA) is 57.5 Å². The number of benzene rings is 2. The minimum atomic E-state index is -0.525. The number of nitrogens with zero attached hydrogens (tertiary/aromatic N) is 1. The largest absolute Gasteiger partial charge is 0.465 e. The molecule has 1 aliphatic rings. The fourth-order valence-corrected chi connectivity index (χ4v) is 4.00. The van der Waals surface area contributed by atoms with Crippen LogP contribution >= 0.6 is 0 Å². The van der Waals surface area contributed by atoms with Gasteiger partial charge in [-0.05, 0) is 29.7 Å². The molecule has 0 saturated carbocycles. The highest BCUT2D eigenvalue weighted by Gasteiger charge is 2.34. The minimum absolute atomic E-state index is 0.285. The summed E-state index contributed by atoms with van der Waals surface area (Å²) in [6.07, 6.45) is 0.834. The van der Waals surface area contributed by atoms with Crippen molar-refractivity contribution >= 4 is 22.7 Å². The van der Waals surface area contributed by atoms with Gasteiger partial charge in [0.1, 0.15) is 5.56 Å². The Hall–Kier alpha value is -3.08. The number of aryl methyl sites for hydroxylation is 1. The summed E-state index contributed by atoms with van der Waals surface area (Å²) in [6.45, 7) is 2.54. The van der Waals surface area contributed by atoms with Gasteiger partial charge in [-0.2, -0.15) is 0 Å². The standard InChI is InChI=1S/C21H19NO4/c1-12-17(20(23)25-2)18(21(24)26-3)19-16-9-8-13-6-4-5-7-14(13)15(16)10-11-22(12)19/h4-9H,10-11H2,1-3H3. The summed E-state index contributed by atoms with van der Waals surface area (Å²) in [7, 11) is 2.65. The normalized spacial score (nSPS) is 12.4. The molecule has 0 spiro atoms. The number of rotatable bonds is 2. The molecule has 26 heavy (non-hydrogen) atoms. The minimum Gasteiger partial charge on any atom is -0.465 e. The molecule has 3 aromatic rings. The number of carbonyl (C=O) groups excluding carboxylic acids is 2. The van der Waals surface area contributed by atoms with Crippen LogP contribution in [0.25, 0.3) is 22.0 Å². The summed E-state index contributed by atoms with van der Waals surface area (Å²) in [5.41, 5.74) is 4.19. The predicted octanol–water partition coefficient (Wildman–Crippen LogP) is 3.75. The molecule has 4 rings (SSSR count). The molecule has 0 aliphatic carbocycles. The molecular weight excluding hydrogens is 330 g/mol. The van der Waals surface area contributed by atoms with Gasteiger partial charge in [-0.1, -0.05) is 36.4 Å². The molecule has 5 nitrogen and oxygen atoms in total. The van der Waals surface area contributed by atoms with Crippen LogP contribution in [0.3, 0.4) is 0 Å². The molecule has 0 atom stereocenters. The first-order valence-electron chi connectivity index (χ1n) is 8.49. The van der Waals surface area contributed by atoms with Gasteiger partial charge in [0, 0.05) is 17.8 Å². The second-order valence-electron chi connectivity index (χ2n) is 6.38. The lowest BCUT2D eigenvalue weighted by Crippen LogP contribution is -2.14. The van der Waals surface area contributed by atoms with E-state index in [0.29, 0.717) is 6.54 Å². The van der Waals surface area contributed by atoms with Crippen molar-refractivity contribution in [1.29, 1.82) is 0 Å². The number of fused-ring (bicyclic) bond motifs is 5. The average Bonchev–Trinajstić information content (AvgIpc) is 2.99. The van der Waals surface area contributed by atoms with Gasteiger partial charge in [0.05, 0.1) is 25.5 Å². The Morgan fingerprint density at radius 1 is 0.962 bits per heavy atom. The van der Waals surface area contributed by atoms with E-state index in [1.807, 2.05) is 35.8 Å². The van der Waals surface area contributed by atoms with Crippen LogP contribution in [0.4, 0.5) is 0 Å². The molecule has 0 radical (unpaired) electrons. The Morgan fingerprint density at radius 2 is 1.65 bits per heavy atom. The smallest absolute Gasteiger partial charge is 0.340 e. The lowest BCUT2D eigenvalue weighted by atomic mass is 9.91. The van der Waals surface area contributed by atoms with Crippen LogP contribution in [0.5, 0.6) is 0 Å². The van der Waals surface area contributed by atoms with Crippen LogP contribution in [0.2, 0.25) is 0 Å². The van der Waals surface area contributed by atoms with Crippen molar-refractivity contribution in [3.05, 3.63) is 58.8 Å². The van der Waals surface area contributed by atoms with Crippen molar-refractivity contribution < 1.29 is 19.1 Å². The first-order valence-corrected chi connectivity index (χ1v) is 8.49. The van der Waals surface area contributed by atoms with E-state index in [1.165, 1.54) is 25.2 Å². The van der Waals surface area contributed by atoms with Crippen LogP contribution in [0, 0.1) is 6.92 Å². The number of methoxy groups -OCH3 is 2. The molecule has 0 saturated heterocycles. The molecule has 0 bridgehead atoms. The van der Waals surface area contributed by atoms with Crippen LogP contribution in [0.15, 0.2) is 36.4 Å². The summed E-state index contributed by atoms with van der Waals surface area (Å²) in [4.78, 5) is 24.9. The van der Waals surface area contributed by atoms with Crippen LogP contribution in [-0.2, 0) is 22.4 Å². The molecule has 0 fully saturated rings. The molecular formula is C21H19NO4. The van der Waals surface area contributed by atoms with Gasteiger partial charge < -0.3 is 14.0 Å². The van der Waals surface area contributed by atoms with Gasteiger partial charge in [0.25, 0.3) is 0 Å². The van der Waals surface area contributed by atoms with Gasteiger partial charge in [0.15, 0.2) is 0 Å². The molecule has 1 aliphatic heterocycles. The summed E-state index contributed by atoms with van der Waals surface area (Å²) in [5, 5.41) is 2.33. The fourth-order valence-electron chi connectivity index (χ4n) is 4.00. The molecule has 5 heteroatoms. The summed E-state index contributed by atoms with van der Waals surface area (Å²) in [6, 6.07) is 12.3. The number of hydrogen-bond donors (Lipinski definition) is 0. The van der Waals surface area contributed by atoms with E-state index in [9.17, 15) is 9.59 Å². The Balaban J connectivity index is 2.09. The second kappa shape index (κ2) is 6.02. The van der Waals surface area contributed by atoms with Gasteiger partial charge >= 0.3 is 11.9 Å². The first kappa shape index (κ1) is 16.4. The monoisotopic (exact) mass is 349 g/mol. The van der Waals surface area contributed by atoms with Crippen molar-refractivity contribution in [2.24, 2.45) is 0 Å². The van der Waals surface area contributed by atoms with E-state index in [0.717, 1.165) is 28.8 Å². The molecule has 132 valence electrons. The highest BCUT2D eigenvalue weighted by atomic mass is 16.5. The van der Waals surface area contributed by atoms with Crippen molar-refractivity contribution in [3.8, 4) is 11.3 Å². The molecule has 0 unspecified atom stereocenters. The second-order valence-corrected chi connectivity index (χ2v) is 6.38. The van der Waals surface area contributed by atoms with Gasteiger partial charge in [0.2, 0.25) is 0 Å². The van der Waals surface area contributed by atoms with Crippen LogP contribution in [0.1, 0.15) is 32.0 Å². The zero-order valence-corrected chi connectivity index (χ0v) is 15.0. The van der Waals surface area contributed by atoms with Crippen molar-refractivity contribution in [2.45, 2.75) is 19.9 Å². The van der Waals surface area contributed by atoms with Crippen molar-refractivity contribution in [2.75, 3.05) is 14.2 Å². The van der Waals surface area contributed by atoms with E-state index in [2.05, 4.69) is 12.1 Å². The SMILES string of the molecule is COC(=O)c1c(C(=O)OC)c2n(c1C)CCc1c-2ccc2ccccc12. The first-order chi connectivity index (χ1) is 12.6. The summed E-state index contributed by atoms with van der Waals surface area (Å²) < 4.78 is 11.9. The number of aromatic nitrogens is 1. The number of esters is 2. The zero-order valence-electron chi connectivity index (χ0n) is 15.0. The lowest BCUT2D eigenvalue weighted by molar-refractivity contribution is 0.0556. The number of carbonyl (C=O) groups is 2. The van der Waals surface area contributed by atoms with Crippen molar-refractivity contribution in [3.63, 3.8) is 0 Å². The third kappa shape index (κ3) is 2.17. The molecule has 1 aromatic heterocycles. The van der Waals surface area contributed by atoms with Crippen LogP contribution in [-0.4, -0.2) is 30.7 Å². The Morgan fingerprint density at radius 3 is 2.38 bits per heavy atom. The van der Waals surface area contributed by atoms with Gasteiger partial charge in [-0.15, -0.1) is 0 Å². The van der Waals surface area contributed by atoms with E-state index >= 15 is 0 Å². The van der Waals surface area contributed by atoms with Gasteiger partial charge in [-0.25, -0.2) is 9.59 Å². The van der Waals surface area contributed by atoms with E-state index in [4.69, 9.17) is 9.47 Å². The molecule has 0 N–H and O–H groups in total. The maximum absolute atomic E-state index is 12.6. The Bertz CT molecular complexity index is 1060. The third-order valence-electron chi connectivity index (χ3n) is 5.18. The third-order valence-corrected chi connectivity index (χ3v) is 5.18. The van der Waals surface area contributed by atoms with Crippen LogP contribution < -0.4 is 0 Å². The number of ether oxygens (including phenoxy) is 2. The van der Waals surface area contributed by atoms with E-state index in [-0.39, 0.29) is 11.1 Å². The Kier molecular flexibility index (Phi) is 3.80. The maximum atomic E-state index is 12.6. The summed E-state index contributed by atoms with van der Waals surface area (Å²) in [5.74, 6) is -1.05. The molecule has 2 heterocycles. The summed E-state index contributed by atoms with van der Waals surface area (Å²) >= 11 is 0. The highest BCUT2D eigenvalue weighted by Crippen LogP contribution is 2.40. The molecule has 0 amide bonds.